The average Bonchev–Trinajstić information content (AvgIpc) is 3.05. The molecule has 4 aliphatic rings. The van der Waals surface area contributed by atoms with Crippen molar-refractivity contribution in [1.82, 2.24) is 4.90 Å². The Hall–Kier alpha value is -3.00. The summed E-state index contributed by atoms with van der Waals surface area (Å²) in [4.78, 5) is 53.8. The lowest BCUT2D eigenvalue weighted by molar-refractivity contribution is -0.139. The van der Waals surface area contributed by atoms with Crippen molar-refractivity contribution in [1.29, 1.82) is 0 Å². The molecule has 1 fully saturated rings. The number of rotatable bonds is 3. The van der Waals surface area contributed by atoms with E-state index in [0.717, 1.165) is 5.57 Å². The number of hydrogen-bond acceptors (Lipinski definition) is 6. The van der Waals surface area contributed by atoms with E-state index in [4.69, 9.17) is 4.74 Å². The zero-order chi connectivity index (χ0) is 23.6. The van der Waals surface area contributed by atoms with Crippen molar-refractivity contribution in [3.63, 3.8) is 0 Å². The van der Waals surface area contributed by atoms with Crippen LogP contribution in [-0.4, -0.2) is 47.0 Å². The van der Waals surface area contributed by atoms with Gasteiger partial charge >= 0.3 is 0 Å². The number of benzene rings is 1. The summed E-state index contributed by atoms with van der Waals surface area (Å²) in [5.74, 6) is -2.99. The number of ether oxygens (including phenoxy) is 1. The summed E-state index contributed by atoms with van der Waals surface area (Å²) >= 11 is 3.20. The number of imide groups is 1. The molecule has 0 saturated carbocycles. The van der Waals surface area contributed by atoms with E-state index in [0.29, 0.717) is 35.4 Å². The molecule has 0 spiro atoms. The number of nitrogens with zero attached hydrogens (tertiary/aromatic N) is 1. The van der Waals surface area contributed by atoms with E-state index in [1.54, 1.807) is 19.1 Å². The number of aromatic hydroxyl groups is 1. The highest BCUT2D eigenvalue weighted by Gasteiger charge is 2.56. The van der Waals surface area contributed by atoms with E-state index < -0.39 is 23.7 Å². The van der Waals surface area contributed by atoms with Crippen molar-refractivity contribution in [2.75, 3.05) is 13.7 Å². The molecular weight excluding hydrogens is 490 g/mol. The molecule has 0 radical (unpaired) electrons. The Morgan fingerprint density at radius 3 is 2.61 bits per heavy atom. The number of allylic oxidation sites excluding steroid dienone is 6. The number of fused-ring (bicyclic) bond motifs is 3. The Morgan fingerprint density at radius 2 is 1.91 bits per heavy atom. The summed E-state index contributed by atoms with van der Waals surface area (Å²) < 4.78 is 5.69. The van der Waals surface area contributed by atoms with Gasteiger partial charge in [-0.2, -0.15) is 0 Å². The second-order valence-electron chi connectivity index (χ2n) is 8.71. The number of halogens is 1. The van der Waals surface area contributed by atoms with Crippen LogP contribution in [-0.2, 0) is 19.2 Å². The van der Waals surface area contributed by atoms with Gasteiger partial charge in [0.05, 0.1) is 23.4 Å². The molecule has 1 saturated heterocycles. The third-order valence-corrected chi connectivity index (χ3v) is 7.88. The Kier molecular flexibility index (Phi) is 5.16. The molecule has 1 N–H and O–H groups in total. The molecule has 1 heterocycles. The Balaban J connectivity index is 1.75. The van der Waals surface area contributed by atoms with Crippen molar-refractivity contribution in [3.05, 3.63) is 57.1 Å². The smallest absolute Gasteiger partial charge is 0.233 e. The van der Waals surface area contributed by atoms with Crippen LogP contribution in [0.4, 0.5) is 0 Å². The normalized spacial score (nSPS) is 28.9. The van der Waals surface area contributed by atoms with Gasteiger partial charge in [-0.3, -0.25) is 24.1 Å². The highest BCUT2D eigenvalue weighted by Crippen LogP contribution is 2.57. The third-order valence-electron chi connectivity index (χ3n) is 7.29. The number of amides is 2. The molecule has 33 heavy (non-hydrogen) atoms. The second kappa shape index (κ2) is 7.80. The van der Waals surface area contributed by atoms with Crippen molar-refractivity contribution >= 4 is 39.3 Å². The van der Waals surface area contributed by atoms with Gasteiger partial charge in [0.2, 0.25) is 11.8 Å². The SMILES string of the molecule is CCN1C(=O)C2CC=C3C(c4c(O)cccc4OC)C4=C(CC3C2C1=O)C(=O)C(Br)=CC4=O. The van der Waals surface area contributed by atoms with Crippen molar-refractivity contribution in [2.45, 2.75) is 25.7 Å². The first kappa shape index (κ1) is 21.8. The molecule has 8 heteroatoms. The molecule has 7 nitrogen and oxygen atoms in total. The lowest BCUT2D eigenvalue weighted by Gasteiger charge is -2.42. The number of phenols is 1. The van der Waals surface area contributed by atoms with Crippen LogP contribution in [0.15, 0.2) is 51.6 Å². The van der Waals surface area contributed by atoms with Gasteiger partial charge < -0.3 is 9.84 Å². The van der Waals surface area contributed by atoms with Crippen molar-refractivity contribution in [3.8, 4) is 11.5 Å². The van der Waals surface area contributed by atoms with Crippen LogP contribution in [0.2, 0.25) is 0 Å². The molecule has 2 amide bonds. The molecule has 1 aromatic rings. The highest BCUT2D eigenvalue weighted by molar-refractivity contribution is 9.12. The molecule has 0 aromatic heterocycles. The lowest BCUT2D eigenvalue weighted by Crippen LogP contribution is -2.39. The maximum Gasteiger partial charge on any atom is 0.233 e. The van der Waals surface area contributed by atoms with Gasteiger partial charge in [-0.15, -0.1) is 0 Å². The summed E-state index contributed by atoms with van der Waals surface area (Å²) in [5, 5.41) is 10.8. The number of hydrogen-bond donors (Lipinski definition) is 1. The van der Waals surface area contributed by atoms with E-state index in [-0.39, 0.29) is 40.0 Å². The van der Waals surface area contributed by atoms with Crippen molar-refractivity contribution < 1.29 is 29.0 Å². The summed E-state index contributed by atoms with van der Waals surface area (Å²) in [6, 6.07) is 4.84. The van der Waals surface area contributed by atoms with Gasteiger partial charge in [-0.25, -0.2) is 0 Å². The first-order chi connectivity index (χ1) is 15.8. The Labute approximate surface area is 198 Å². The van der Waals surface area contributed by atoms with E-state index in [2.05, 4.69) is 15.9 Å². The number of likely N-dealkylation sites (tertiary alicyclic amines) is 1. The largest absolute Gasteiger partial charge is 0.507 e. The van der Waals surface area contributed by atoms with Gasteiger partial charge in [-0.1, -0.05) is 17.7 Å². The Morgan fingerprint density at radius 1 is 1.15 bits per heavy atom. The fourth-order valence-electron chi connectivity index (χ4n) is 5.92. The quantitative estimate of drug-likeness (QED) is 0.380. The van der Waals surface area contributed by atoms with Gasteiger partial charge in [0, 0.05) is 35.2 Å². The van der Waals surface area contributed by atoms with Crippen LogP contribution < -0.4 is 4.74 Å². The zero-order valence-electron chi connectivity index (χ0n) is 18.1. The summed E-state index contributed by atoms with van der Waals surface area (Å²) in [6.07, 6.45) is 3.74. The third kappa shape index (κ3) is 3.00. The number of Topliss-reactive ketones (excluding diaryl/α,β-unsaturated/α-hetero) is 1. The molecule has 170 valence electrons. The molecule has 1 aliphatic heterocycles. The van der Waals surface area contributed by atoms with E-state index >= 15 is 0 Å². The number of carbonyl (C=O) groups is 4. The van der Waals surface area contributed by atoms with E-state index in [1.807, 2.05) is 6.08 Å². The number of phenolic OH excluding ortho intramolecular Hbond substituents is 1. The summed E-state index contributed by atoms with van der Waals surface area (Å²) in [7, 11) is 1.47. The predicted octanol–water partition coefficient (Wildman–Crippen LogP) is 3.18. The average molecular weight is 512 g/mol. The number of carbonyl (C=O) groups excluding carboxylic acids is 4. The summed E-state index contributed by atoms with van der Waals surface area (Å²) in [5.41, 5.74) is 1.79. The zero-order valence-corrected chi connectivity index (χ0v) is 19.7. The number of ketones is 2. The molecular formula is C25H22BrNO6. The molecule has 3 aliphatic carbocycles. The van der Waals surface area contributed by atoms with Crippen LogP contribution in [0, 0.1) is 17.8 Å². The standard InChI is InChI=1S/C25H22BrNO6/c1-3-27-24(31)12-8-7-11-13(19(12)25(27)32)9-14-20(17(29)10-15(26)23(14)30)21(11)22-16(28)5-4-6-18(22)33-2/h4-7,10,12-13,19,21,28H,3,8-9H2,1-2H3. The highest BCUT2D eigenvalue weighted by atomic mass is 79.9. The van der Waals surface area contributed by atoms with Crippen LogP contribution in [0.1, 0.15) is 31.2 Å². The minimum absolute atomic E-state index is 0.0623. The van der Waals surface area contributed by atoms with Crippen LogP contribution in [0.5, 0.6) is 11.5 Å². The number of methoxy groups -OCH3 is 1. The fraction of sp³-hybridized carbons (Fsp3) is 0.360. The minimum Gasteiger partial charge on any atom is -0.507 e. The van der Waals surface area contributed by atoms with Crippen LogP contribution >= 0.6 is 15.9 Å². The molecule has 0 bridgehead atoms. The van der Waals surface area contributed by atoms with Crippen LogP contribution in [0.3, 0.4) is 0 Å². The van der Waals surface area contributed by atoms with E-state index in [9.17, 15) is 24.3 Å². The van der Waals surface area contributed by atoms with Gasteiger partial charge in [-0.05, 0) is 53.7 Å². The second-order valence-corrected chi connectivity index (χ2v) is 9.56. The molecule has 5 rings (SSSR count). The van der Waals surface area contributed by atoms with Gasteiger partial charge in [0.1, 0.15) is 11.5 Å². The minimum atomic E-state index is -0.747. The predicted molar refractivity (Wildman–Crippen MR) is 122 cm³/mol. The first-order valence-corrected chi connectivity index (χ1v) is 11.7. The van der Waals surface area contributed by atoms with E-state index in [1.165, 1.54) is 24.2 Å². The molecule has 4 unspecified atom stereocenters. The maximum absolute atomic E-state index is 13.3. The summed E-state index contributed by atoms with van der Waals surface area (Å²) in [6.45, 7) is 2.06. The monoisotopic (exact) mass is 511 g/mol. The molecule has 4 atom stereocenters. The van der Waals surface area contributed by atoms with Crippen LogP contribution in [0.25, 0.3) is 0 Å². The van der Waals surface area contributed by atoms with Gasteiger partial charge in [0.25, 0.3) is 0 Å². The first-order valence-electron chi connectivity index (χ1n) is 10.9. The van der Waals surface area contributed by atoms with Crippen molar-refractivity contribution in [2.24, 2.45) is 17.8 Å². The topological polar surface area (TPSA) is 101 Å². The molecule has 1 aromatic carbocycles. The van der Waals surface area contributed by atoms with Gasteiger partial charge in [0.15, 0.2) is 11.6 Å². The fourth-order valence-corrected chi connectivity index (χ4v) is 6.36. The Bertz CT molecular complexity index is 1230. The lowest BCUT2D eigenvalue weighted by atomic mass is 9.59. The maximum atomic E-state index is 13.3.